The Morgan fingerprint density at radius 1 is 1.44 bits per heavy atom. The summed E-state index contributed by atoms with van der Waals surface area (Å²) in [5.74, 6) is -0.0860. The van der Waals surface area contributed by atoms with Crippen molar-refractivity contribution in [3.63, 3.8) is 0 Å². The Kier molecular flexibility index (Phi) is 4.69. The molecule has 1 aliphatic carbocycles. The van der Waals surface area contributed by atoms with Gasteiger partial charge in [-0.25, -0.2) is 4.98 Å². The number of amides is 1. The molecule has 0 atom stereocenters. The molecule has 1 saturated carbocycles. The number of alkyl halides is 2. The van der Waals surface area contributed by atoms with Gasteiger partial charge in [-0.1, -0.05) is 6.58 Å². The Balaban J connectivity index is 2.06. The number of aromatic amines is 1. The summed E-state index contributed by atoms with van der Waals surface area (Å²) in [4.78, 5) is 19.5. The van der Waals surface area contributed by atoms with Crippen LogP contribution < -0.4 is 14.8 Å². The highest BCUT2D eigenvalue weighted by Gasteiger charge is 2.28. The molecule has 3 rings (SSSR count). The van der Waals surface area contributed by atoms with Crippen molar-refractivity contribution in [2.45, 2.75) is 25.5 Å². The molecule has 8 heteroatoms. The molecule has 0 saturated heterocycles. The van der Waals surface area contributed by atoms with Gasteiger partial charge in [0.2, 0.25) is 0 Å². The monoisotopic (exact) mass is 349 g/mol. The predicted octanol–water partition coefficient (Wildman–Crippen LogP) is 3.22. The zero-order valence-electron chi connectivity index (χ0n) is 13.5. The molecule has 25 heavy (non-hydrogen) atoms. The maximum absolute atomic E-state index is 12.8. The van der Waals surface area contributed by atoms with E-state index in [0.717, 1.165) is 12.8 Å². The molecule has 0 radical (unpaired) electrons. The third kappa shape index (κ3) is 3.78. The molecule has 2 aromatic rings. The zero-order chi connectivity index (χ0) is 18.0. The molecule has 2 N–H and O–H groups in total. The first-order valence-electron chi connectivity index (χ1n) is 7.67. The lowest BCUT2D eigenvalue weighted by molar-refractivity contribution is -0.0502. The summed E-state index contributed by atoms with van der Waals surface area (Å²) in [5.41, 5.74) is 0.999. The minimum atomic E-state index is -3.07. The summed E-state index contributed by atoms with van der Waals surface area (Å²) in [5, 5.41) is 2.75. The highest BCUT2D eigenvalue weighted by molar-refractivity contribution is 6.01. The summed E-state index contributed by atoms with van der Waals surface area (Å²) >= 11 is 0. The Morgan fingerprint density at radius 2 is 2.16 bits per heavy atom. The van der Waals surface area contributed by atoms with Crippen molar-refractivity contribution in [2.75, 3.05) is 7.11 Å². The Morgan fingerprint density at radius 3 is 2.72 bits per heavy atom. The van der Waals surface area contributed by atoms with Gasteiger partial charge in [0, 0.05) is 11.6 Å². The lowest BCUT2D eigenvalue weighted by Gasteiger charge is -2.16. The second-order valence-electron chi connectivity index (χ2n) is 5.56. The second-order valence-corrected chi connectivity index (χ2v) is 5.56. The molecule has 1 heterocycles. The lowest BCUT2D eigenvalue weighted by atomic mass is 10.1. The average Bonchev–Trinajstić information content (AvgIpc) is 3.25. The molecule has 132 valence electrons. The highest BCUT2D eigenvalue weighted by atomic mass is 19.3. The predicted molar refractivity (Wildman–Crippen MR) is 87.8 cm³/mol. The molecule has 1 aromatic carbocycles. The number of carbonyl (C=O) groups is 1. The third-order valence-corrected chi connectivity index (χ3v) is 3.74. The summed E-state index contributed by atoms with van der Waals surface area (Å²) in [6.45, 7) is 0.533. The van der Waals surface area contributed by atoms with Gasteiger partial charge < -0.3 is 19.8 Å². The van der Waals surface area contributed by atoms with Gasteiger partial charge in [-0.3, -0.25) is 4.79 Å². The van der Waals surface area contributed by atoms with Crippen molar-refractivity contribution in [3.8, 4) is 22.8 Å². The number of aromatic nitrogens is 2. The van der Waals surface area contributed by atoms with Crippen LogP contribution in [0.2, 0.25) is 0 Å². The molecule has 1 amide bonds. The molecule has 6 nitrogen and oxygen atoms in total. The van der Waals surface area contributed by atoms with E-state index in [1.165, 1.54) is 25.4 Å². The van der Waals surface area contributed by atoms with Crippen LogP contribution in [0.25, 0.3) is 17.3 Å². The van der Waals surface area contributed by atoms with Gasteiger partial charge >= 0.3 is 6.61 Å². The summed E-state index contributed by atoms with van der Waals surface area (Å²) < 4.78 is 35.5. The van der Waals surface area contributed by atoms with E-state index in [1.807, 2.05) is 0 Å². The molecular formula is C17H17F2N3O3. The molecular weight excluding hydrogens is 332 g/mol. The number of halogens is 2. The SMILES string of the molecule is C=Cc1ncc(-c2cc(OC)c(C(=O)NC3CC3)c(OC(F)F)c2)[nH]1. The van der Waals surface area contributed by atoms with Crippen LogP contribution >= 0.6 is 0 Å². The van der Waals surface area contributed by atoms with Crippen molar-refractivity contribution < 1.29 is 23.0 Å². The first-order valence-corrected chi connectivity index (χ1v) is 7.67. The van der Waals surface area contributed by atoms with Gasteiger partial charge in [-0.2, -0.15) is 8.78 Å². The van der Waals surface area contributed by atoms with E-state index in [2.05, 4.69) is 26.6 Å². The largest absolute Gasteiger partial charge is 0.496 e. The van der Waals surface area contributed by atoms with Gasteiger partial charge in [-0.15, -0.1) is 0 Å². The van der Waals surface area contributed by atoms with Crippen molar-refractivity contribution in [1.29, 1.82) is 0 Å². The Bertz CT molecular complexity index is 800. The number of rotatable bonds is 7. The van der Waals surface area contributed by atoms with Crippen LogP contribution in [0.5, 0.6) is 11.5 Å². The fourth-order valence-electron chi connectivity index (χ4n) is 2.39. The second kappa shape index (κ2) is 6.92. The van der Waals surface area contributed by atoms with Gasteiger partial charge in [0.1, 0.15) is 22.9 Å². The highest BCUT2D eigenvalue weighted by Crippen LogP contribution is 2.36. The first-order chi connectivity index (χ1) is 12.0. The Labute approximate surface area is 142 Å². The van der Waals surface area contributed by atoms with E-state index in [0.29, 0.717) is 17.1 Å². The molecule has 1 fully saturated rings. The van der Waals surface area contributed by atoms with Gasteiger partial charge in [0.15, 0.2) is 0 Å². The third-order valence-electron chi connectivity index (χ3n) is 3.74. The van der Waals surface area contributed by atoms with Gasteiger partial charge in [0.25, 0.3) is 5.91 Å². The summed E-state index contributed by atoms with van der Waals surface area (Å²) in [6, 6.07) is 3.00. The number of hydrogen-bond acceptors (Lipinski definition) is 4. The van der Waals surface area contributed by atoms with Crippen LogP contribution in [0.15, 0.2) is 24.9 Å². The minimum absolute atomic E-state index is 0.0538. The van der Waals surface area contributed by atoms with E-state index in [4.69, 9.17) is 4.74 Å². The fourth-order valence-corrected chi connectivity index (χ4v) is 2.39. The number of methoxy groups -OCH3 is 1. The van der Waals surface area contributed by atoms with Crippen molar-refractivity contribution in [1.82, 2.24) is 15.3 Å². The fraction of sp³-hybridized carbons (Fsp3) is 0.294. The van der Waals surface area contributed by atoms with Crippen LogP contribution in [-0.4, -0.2) is 35.6 Å². The van der Waals surface area contributed by atoms with Crippen molar-refractivity contribution in [2.24, 2.45) is 0 Å². The maximum atomic E-state index is 12.8. The average molecular weight is 349 g/mol. The van der Waals surface area contributed by atoms with Gasteiger partial charge in [0.05, 0.1) is 19.0 Å². The van der Waals surface area contributed by atoms with E-state index < -0.39 is 12.5 Å². The van der Waals surface area contributed by atoms with Crippen molar-refractivity contribution in [3.05, 3.63) is 36.3 Å². The van der Waals surface area contributed by atoms with Crippen LogP contribution in [0.4, 0.5) is 8.78 Å². The quantitative estimate of drug-likeness (QED) is 0.805. The summed E-state index contributed by atoms with van der Waals surface area (Å²) in [6.07, 6.45) is 4.79. The van der Waals surface area contributed by atoms with E-state index in [1.54, 1.807) is 6.07 Å². The zero-order valence-corrected chi connectivity index (χ0v) is 13.5. The number of H-pyrrole nitrogens is 1. The maximum Gasteiger partial charge on any atom is 0.387 e. The molecule has 0 aliphatic heterocycles. The number of nitrogens with one attached hydrogen (secondary N) is 2. The van der Waals surface area contributed by atoms with Crippen LogP contribution in [0.3, 0.4) is 0 Å². The van der Waals surface area contributed by atoms with Crippen LogP contribution in [-0.2, 0) is 0 Å². The molecule has 0 unspecified atom stereocenters. The Hall–Kier alpha value is -2.90. The van der Waals surface area contributed by atoms with E-state index >= 15 is 0 Å². The van der Waals surface area contributed by atoms with Crippen LogP contribution in [0, 0.1) is 0 Å². The normalized spacial score (nSPS) is 13.6. The van der Waals surface area contributed by atoms with E-state index in [9.17, 15) is 13.6 Å². The number of benzene rings is 1. The number of imidazole rings is 1. The van der Waals surface area contributed by atoms with E-state index in [-0.39, 0.29) is 23.1 Å². The van der Waals surface area contributed by atoms with Gasteiger partial charge in [-0.05, 0) is 31.1 Å². The molecule has 0 bridgehead atoms. The number of ether oxygens (including phenoxy) is 2. The number of hydrogen-bond donors (Lipinski definition) is 2. The van der Waals surface area contributed by atoms with Crippen LogP contribution in [0.1, 0.15) is 29.0 Å². The lowest BCUT2D eigenvalue weighted by Crippen LogP contribution is -2.26. The number of carbonyl (C=O) groups excluding carboxylic acids is 1. The van der Waals surface area contributed by atoms with Crippen molar-refractivity contribution >= 4 is 12.0 Å². The molecule has 1 aliphatic rings. The molecule has 0 spiro atoms. The number of nitrogens with zero attached hydrogens (tertiary/aromatic N) is 1. The standard InChI is InChI=1S/C17H17F2N3O3/c1-3-14-20-8-11(22-14)9-6-12(24-2)15(13(7-9)25-17(18)19)16(23)21-10-4-5-10/h3,6-8,10,17H,1,4-5H2,2H3,(H,20,22)(H,21,23). The summed E-state index contributed by atoms with van der Waals surface area (Å²) in [7, 11) is 1.36. The first kappa shape index (κ1) is 16.9. The topological polar surface area (TPSA) is 76.2 Å². The smallest absolute Gasteiger partial charge is 0.387 e. The molecule has 1 aromatic heterocycles. The minimum Gasteiger partial charge on any atom is -0.496 e.